The lowest BCUT2D eigenvalue weighted by atomic mass is 10.1. The Labute approximate surface area is 102 Å². The van der Waals surface area contributed by atoms with E-state index in [0.29, 0.717) is 5.92 Å². The first kappa shape index (κ1) is 12.4. The second-order valence-corrected chi connectivity index (χ2v) is 6.44. The fourth-order valence-corrected chi connectivity index (χ4v) is 3.51. The van der Waals surface area contributed by atoms with E-state index in [-0.39, 0.29) is 16.7 Å². The highest BCUT2D eigenvalue weighted by Crippen LogP contribution is 2.26. The van der Waals surface area contributed by atoms with Crippen LogP contribution < -0.4 is 4.72 Å². The molecule has 0 saturated heterocycles. The first-order valence-electron chi connectivity index (χ1n) is 5.79. The fraction of sp³-hybridized carbons (Fsp3) is 0.500. The van der Waals surface area contributed by atoms with Crippen LogP contribution in [-0.2, 0) is 10.0 Å². The van der Waals surface area contributed by atoms with Gasteiger partial charge >= 0.3 is 0 Å². The molecule has 4 nitrogen and oxygen atoms in total. The Morgan fingerprint density at radius 3 is 2.41 bits per heavy atom. The van der Waals surface area contributed by atoms with Gasteiger partial charge in [0.05, 0.1) is 4.90 Å². The molecule has 1 saturated carbocycles. The smallest absolute Gasteiger partial charge is 0.240 e. The fourth-order valence-electron chi connectivity index (χ4n) is 2.23. The zero-order valence-corrected chi connectivity index (χ0v) is 10.6. The molecule has 2 atom stereocenters. The quantitative estimate of drug-likeness (QED) is 0.866. The van der Waals surface area contributed by atoms with Crippen molar-refractivity contribution in [3.63, 3.8) is 0 Å². The van der Waals surface area contributed by atoms with Crippen molar-refractivity contribution >= 4 is 10.0 Å². The Morgan fingerprint density at radius 1 is 1.24 bits per heavy atom. The Hall–Kier alpha value is -1.07. The molecule has 1 aromatic rings. The molecular formula is C12H17NO3S. The summed E-state index contributed by atoms with van der Waals surface area (Å²) in [5, 5.41) is 9.13. The number of phenols is 1. The van der Waals surface area contributed by atoms with Gasteiger partial charge in [0.2, 0.25) is 10.0 Å². The van der Waals surface area contributed by atoms with E-state index in [0.717, 1.165) is 19.3 Å². The Morgan fingerprint density at radius 2 is 1.88 bits per heavy atom. The summed E-state index contributed by atoms with van der Waals surface area (Å²) in [5.74, 6) is 0.654. The number of nitrogens with one attached hydrogen (secondary N) is 1. The summed E-state index contributed by atoms with van der Waals surface area (Å²) in [6.07, 6.45) is 2.87. The summed E-state index contributed by atoms with van der Waals surface area (Å²) in [4.78, 5) is 0.204. The molecule has 0 spiro atoms. The van der Waals surface area contributed by atoms with E-state index < -0.39 is 10.0 Å². The van der Waals surface area contributed by atoms with Crippen LogP contribution in [0.25, 0.3) is 0 Å². The predicted octanol–water partition coefficient (Wildman–Crippen LogP) is 1.86. The molecule has 1 aliphatic rings. The van der Waals surface area contributed by atoms with Gasteiger partial charge in [0.1, 0.15) is 5.75 Å². The van der Waals surface area contributed by atoms with Crippen LogP contribution in [0, 0.1) is 5.92 Å². The maximum atomic E-state index is 12.0. The molecule has 2 N–H and O–H groups in total. The Bertz CT molecular complexity index is 481. The van der Waals surface area contributed by atoms with Gasteiger partial charge in [-0.3, -0.25) is 0 Å². The molecule has 0 bridgehead atoms. The van der Waals surface area contributed by atoms with E-state index in [1.165, 1.54) is 24.3 Å². The minimum absolute atomic E-state index is 0.0452. The molecule has 0 radical (unpaired) electrons. The van der Waals surface area contributed by atoms with Crippen molar-refractivity contribution in [1.29, 1.82) is 0 Å². The molecule has 94 valence electrons. The third-order valence-corrected chi connectivity index (χ3v) is 4.70. The van der Waals surface area contributed by atoms with Crippen LogP contribution in [0.3, 0.4) is 0 Å². The van der Waals surface area contributed by atoms with E-state index in [9.17, 15) is 8.42 Å². The summed E-state index contributed by atoms with van der Waals surface area (Å²) in [5.41, 5.74) is 0. The number of sulfonamides is 1. The van der Waals surface area contributed by atoms with Crippen molar-refractivity contribution in [2.24, 2.45) is 5.92 Å². The molecule has 1 aliphatic carbocycles. The average molecular weight is 255 g/mol. The first-order chi connectivity index (χ1) is 7.97. The largest absolute Gasteiger partial charge is 0.508 e. The number of rotatable bonds is 3. The van der Waals surface area contributed by atoms with Crippen molar-refractivity contribution in [3.05, 3.63) is 24.3 Å². The summed E-state index contributed by atoms with van der Waals surface area (Å²) in [6.45, 7) is 2.13. The molecule has 0 aliphatic heterocycles. The van der Waals surface area contributed by atoms with E-state index in [1.54, 1.807) is 0 Å². The van der Waals surface area contributed by atoms with E-state index in [4.69, 9.17) is 5.11 Å². The minimum atomic E-state index is -3.44. The van der Waals surface area contributed by atoms with Crippen molar-refractivity contribution in [2.45, 2.75) is 37.1 Å². The Kier molecular flexibility index (Phi) is 3.40. The van der Waals surface area contributed by atoms with Gasteiger partial charge in [-0.25, -0.2) is 13.1 Å². The van der Waals surface area contributed by atoms with Crippen LogP contribution in [-0.4, -0.2) is 19.6 Å². The van der Waals surface area contributed by atoms with Gasteiger partial charge in [0.15, 0.2) is 0 Å². The van der Waals surface area contributed by atoms with Gasteiger partial charge < -0.3 is 5.11 Å². The number of hydrogen-bond acceptors (Lipinski definition) is 3. The molecule has 2 rings (SSSR count). The standard InChI is InChI=1S/C12H17NO3S/c1-9-2-3-10(8-9)13-17(15,16)12-6-4-11(14)5-7-12/h4-7,9-10,13-14H,2-3,8H2,1H3. The predicted molar refractivity (Wildman–Crippen MR) is 65.2 cm³/mol. The van der Waals surface area contributed by atoms with Crippen LogP contribution >= 0.6 is 0 Å². The van der Waals surface area contributed by atoms with Gasteiger partial charge in [0.25, 0.3) is 0 Å². The maximum Gasteiger partial charge on any atom is 0.240 e. The minimum Gasteiger partial charge on any atom is -0.508 e. The normalized spacial score (nSPS) is 25.0. The van der Waals surface area contributed by atoms with Gasteiger partial charge in [0, 0.05) is 6.04 Å². The first-order valence-corrected chi connectivity index (χ1v) is 7.27. The average Bonchev–Trinajstić information content (AvgIpc) is 2.63. The molecule has 5 heteroatoms. The van der Waals surface area contributed by atoms with Gasteiger partial charge in [-0.1, -0.05) is 6.92 Å². The van der Waals surface area contributed by atoms with Crippen molar-refractivity contribution < 1.29 is 13.5 Å². The molecule has 17 heavy (non-hydrogen) atoms. The van der Waals surface area contributed by atoms with Crippen molar-refractivity contribution in [3.8, 4) is 5.75 Å². The molecular weight excluding hydrogens is 238 g/mol. The van der Waals surface area contributed by atoms with Crippen LogP contribution in [0.1, 0.15) is 26.2 Å². The summed E-state index contributed by atoms with van der Waals surface area (Å²) < 4.78 is 26.7. The molecule has 1 fully saturated rings. The molecule has 0 amide bonds. The topological polar surface area (TPSA) is 66.4 Å². The third-order valence-electron chi connectivity index (χ3n) is 3.16. The lowest BCUT2D eigenvalue weighted by Crippen LogP contribution is -2.32. The highest BCUT2D eigenvalue weighted by atomic mass is 32.2. The number of hydrogen-bond donors (Lipinski definition) is 2. The van der Waals surface area contributed by atoms with Gasteiger partial charge in [-0.15, -0.1) is 0 Å². The Balaban J connectivity index is 2.11. The number of phenolic OH excluding ortho intramolecular Hbond substituents is 1. The summed E-state index contributed by atoms with van der Waals surface area (Å²) >= 11 is 0. The second kappa shape index (κ2) is 4.66. The molecule has 2 unspecified atom stereocenters. The number of aromatic hydroxyl groups is 1. The lowest BCUT2D eigenvalue weighted by Gasteiger charge is -2.12. The number of benzene rings is 1. The monoisotopic (exact) mass is 255 g/mol. The zero-order valence-electron chi connectivity index (χ0n) is 9.76. The van der Waals surface area contributed by atoms with E-state index in [1.807, 2.05) is 0 Å². The van der Waals surface area contributed by atoms with Crippen LogP contribution in [0.4, 0.5) is 0 Å². The van der Waals surface area contributed by atoms with Crippen molar-refractivity contribution in [2.75, 3.05) is 0 Å². The van der Waals surface area contributed by atoms with Gasteiger partial charge in [-0.2, -0.15) is 0 Å². The highest BCUT2D eigenvalue weighted by molar-refractivity contribution is 7.89. The van der Waals surface area contributed by atoms with E-state index in [2.05, 4.69) is 11.6 Å². The second-order valence-electron chi connectivity index (χ2n) is 4.73. The SMILES string of the molecule is CC1CCC(NS(=O)(=O)c2ccc(O)cc2)C1. The van der Waals surface area contributed by atoms with Crippen LogP contribution in [0.15, 0.2) is 29.2 Å². The molecule has 0 aromatic heterocycles. The molecule has 0 heterocycles. The zero-order chi connectivity index (χ0) is 12.5. The molecule has 1 aromatic carbocycles. The third kappa shape index (κ3) is 2.98. The summed E-state index contributed by atoms with van der Waals surface area (Å²) in [6, 6.07) is 5.63. The highest BCUT2D eigenvalue weighted by Gasteiger charge is 2.26. The summed E-state index contributed by atoms with van der Waals surface area (Å²) in [7, 11) is -3.44. The van der Waals surface area contributed by atoms with Gasteiger partial charge in [-0.05, 0) is 49.4 Å². The van der Waals surface area contributed by atoms with Crippen LogP contribution in [0.2, 0.25) is 0 Å². The van der Waals surface area contributed by atoms with E-state index >= 15 is 0 Å². The lowest BCUT2D eigenvalue weighted by molar-refractivity contribution is 0.474. The maximum absolute atomic E-state index is 12.0. The van der Waals surface area contributed by atoms with Crippen molar-refractivity contribution in [1.82, 2.24) is 4.72 Å². The van der Waals surface area contributed by atoms with Crippen LogP contribution in [0.5, 0.6) is 5.75 Å².